The molecule has 0 radical (unpaired) electrons. The minimum Gasteiger partial charge on any atom is -0.481 e. The topological polar surface area (TPSA) is 60.9 Å². The smallest absolute Gasteiger partial charge is 0.303 e. The summed E-state index contributed by atoms with van der Waals surface area (Å²) < 4.78 is 0. The number of carbonyl (C=O) groups is 2. The van der Waals surface area contributed by atoms with Crippen LogP contribution < -0.4 is 0 Å². The van der Waals surface area contributed by atoms with Crippen molar-refractivity contribution in [3.8, 4) is 0 Å². The fourth-order valence-corrected chi connectivity index (χ4v) is 2.98. The maximum atomic E-state index is 12.2. The number of hydrogen-bond acceptors (Lipinski definition) is 4. The van der Waals surface area contributed by atoms with E-state index >= 15 is 0 Å². The lowest BCUT2D eigenvalue weighted by Gasteiger charge is -2.34. The predicted molar refractivity (Wildman–Crippen MR) is 78.1 cm³/mol. The van der Waals surface area contributed by atoms with Crippen molar-refractivity contribution >= 4 is 23.2 Å². The van der Waals surface area contributed by atoms with Crippen molar-refractivity contribution in [1.82, 2.24) is 9.80 Å². The molecular formula is C14H20N2O3S. The van der Waals surface area contributed by atoms with Crippen LogP contribution in [0.15, 0.2) is 16.8 Å². The van der Waals surface area contributed by atoms with E-state index in [0.717, 1.165) is 51.1 Å². The first-order chi connectivity index (χ1) is 9.66. The number of carboxylic acid groups (broad SMARTS) is 1. The number of carbonyl (C=O) groups excluding carboxylic acids is 1. The molecule has 0 unspecified atom stereocenters. The van der Waals surface area contributed by atoms with Crippen LogP contribution in [0.3, 0.4) is 0 Å². The summed E-state index contributed by atoms with van der Waals surface area (Å²) >= 11 is 1.54. The molecule has 0 spiro atoms. The maximum absolute atomic E-state index is 12.2. The second-order valence-electron chi connectivity index (χ2n) is 5.00. The number of hydrogen-bond donors (Lipinski definition) is 1. The van der Waals surface area contributed by atoms with Gasteiger partial charge in [0.15, 0.2) is 0 Å². The van der Waals surface area contributed by atoms with Gasteiger partial charge < -0.3 is 10.0 Å². The quantitative estimate of drug-likeness (QED) is 0.813. The molecule has 0 atom stereocenters. The number of amides is 1. The Labute approximate surface area is 122 Å². The van der Waals surface area contributed by atoms with Gasteiger partial charge in [0, 0.05) is 38.0 Å². The fourth-order valence-electron chi connectivity index (χ4n) is 2.35. The summed E-state index contributed by atoms with van der Waals surface area (Å²) in [5.41, 5.74) is 0.782. The van der Waals surface area contributed by atoms with Gasteiger partial charge in [0.25, 0.3) is 5.91 Å². The number of rotatable bonds is 6. The zero-order valence-electron chi connectivity index (χ0n) is 11.5. The number of piperazine rings is 1. The highest BCUT2D eigenvalue weighted by Crippen LogP contribution is 2.12. The first-order valence-electron chi connectivity index (χ1n) is 6.92. The molecule has 1 aliphatic rings. The average molecular weight is 296 g/mol. The fraction of sp³-hybridized carbons (Fsp3) is 0.571. The summed E-state index contributed by atoms with van der Waals surface area (Å²) in [5.74, 6) is -0.604. The van der Waals surface area contributed by atoms with Crippen molar-refractivity contribution in [1.29, 1.82) is 0 Å². The molecule has 0 aromatic carbocycles. The highest BCUT2D eigenvalue weighted by atomic mass is 32.1. The molecular weight excluding hydrogens is 276 g/mol. The van der Waals surface area contributed by atoms with Crippen LogP contribution in [-0.2, 0) is 4.79 Å². The number of unbranched alkanes of at least 4 members (excludes halogenated alkanes) is 1. The largest absolute Gasteiger partial charge is 0.481 e. The Morgan fingerprint density at radius 1 is 1.20 bits per heavy atom. The van der Waals surface area contributed by atoms with Gasteiger partial charge in [0.2, 0.25) is 0 Å². The van der Waals surface area contributed by atoms with Gasteiger partial charge in [-0.15, -0.1) is 0 Å². The van der Waals surface area contributed by atoms with Crippen LogP contribution in [0.4, 0.5) is 0 Å². The number of carboxylic acids is 1. The molecule has 1 amide bonds. The zero-order chi connectivity index (χ0) is 14.4. The van der Waals surface area contributed by atoms with Gasteiger partial charge in [-0.1, -0.05) is 0 Å². The molecule has 0 aliphatic carbocycles. The van der Waals surface area contributed by atoms with Crippen molar-refractivity contribution in [2.45, 2.75) is 19.3 Å². The molecule has 1 aliphatic heterocycles. The molecule has 1 fully saturated rings. The summed E-state index contributed by atoms with van der Waals surface area (Å²) in [4.78, 5) is 26.8. The van der Waals surface area contributed by atoms with E-state index in [2.05, 4.69) is 4.90 Å². The van der Waals surface area contributed by atoms with Crippen LogP contribution >= 0.6 is 11.3 Å². The van der Waals surface area contributed by atoms with Gasteiger partial charge in [-0.3, -0.25) is 14.5 Å². The van der Waals surface area contributed by atoms with E-state index in [4.69, 9.17) is 5.11 Å². The molecule has 1 N–H and O–H groups in total. The Kier molecular flexibility index (Phi) is 5.55. The SMILES string of the molecule is O=C(O)CCCCN1CCN(C(=O)c2ccsc2)CC1. The average Bonchev–Trinajstić information content (AvgIpc) is 2.97. The van der Waals surface area contributed by atoms with Crippen LogP contribution in [0.25, 0.3) is 0 Å². The molecule has 0 bridgehead atoms. The van der Waals surface area contributed by atoms with Crippen LogP contribution in [0, 0.1) is 0 Å². The standard InChI is InChI=1S/C14H20N2O3S/c17-13(18)3-1-2-5-15-6-8-16(9-7-15)14(19)12-4-10-20-11-12/h4,10-11H,1-3,5-9H2,(H,17,18). The second kappa shape index (κ2) is 7.40. The lowest BCUT2D eigenvalue weighted by Crippen LogP contribution is -2.48. The molecule has 20 heavy (non-hydrogen) atoms. The van der Waals surface area contributed by atoms with Gasteiger partial charge in [0.1, 0.15) is 0 Å². The van der Waals surface area contributed by atoms with Gasteiger partial charge in [-0.05, 0) is 30.8 Å². The molecule has 1 aromatic rings. The molecule has 1 aromatic heterocycles. The molecule has 6 heteroatoms. The van der Waals surface area contributed by atoms with Crippen molar-refractivity contribution in [3.63, 3.8) is 0 Å². The van der Waals surface area contributed by atoms with Crippen molar-refractivity contribution < 1.29 is 14.7 Å². The minimum absolute atomic E-state index is 0.122. The van der Waals surface area contributed by atoms with E-state index in [0.29, 0.717) is 0 Å². The Morgan fingerprint density at radius 2 is 1.95 bits per heavy atom. The minimum atomic E-state index is -0.726. The van der Waals surface area contributed by atoms with Gasteiger partial charge in [-0.2, -0.15) is 11.3 Å². The first kappa shape index (κ1) is 15.0. The molecule has 1 saturated heterocycles. The van der Waals surface area contributed by atoms with Gasteiger partial charge in [-0.25, -0.2) is 0 Å². The summed E-state index contributed by atoms with van der Waals surface area (Å²) in [6.07, 6.45) is 1.88. The Bertz CT molecular complexity index is 439. The van der Waals surface area contributed by atoms with E-state index < -0.39 is 5.97 Å². The third-order valence-electron chi connectivity index (χ3n) is 3.54. The van der Waals surface area contributed by atoms with E-state index in [9.17, 15) is 9.59 Å². The van der Waals surface area contributed by atoms with Gasteiger partial charge >= 0.3 is 5.97 Å². The zero-order valence-corrected chi connectivity index (χ0v) is 12.3. The summed E-state index contributed by atoms with van der Waals surface area (Å²) in [6.45, 7) is 4.20. The van der Waals surface area contributed by atoms with Crippen LogP contribution in [-0.4, -0.2) is 59.5 Å². The van der Waals surface area contributed by atoms with E-state index in [1.54, 1.807) is 11.3 Å². The third kappa shape index (κ3) is 4.31. The van der Waals surface area contributed by atoms with Gasteiger partial charge in [0.05, 0.1) is 5.56 Å². The molecule has 0 saturated carbocycles. The van der Waals surface area contributed by atoms with Crippen molar-refractivity contribution in [3.05, 3.63) is 22.4 Å². The Hall–Kier alpha value is -1.40. The molecule has 2 heterocycles. The lowest BCUT2D eigenvalue weighted by atomic mass is 10.2. The number of nitrogens with zero attached hydrogens (tertiary/aromatic N) is 2. The second-order valence-corrected chi connectivity index (χ2v) is 5.78. The first-order valence-corrected chi connectivity index (χ1v) is 7.87. The van der Waals surface area contributed by atoms with Crippen LogP contribution in [0.2, 0.25) is 0 Å². The molecule has 5 nitrogen and oxygen atoms in total. The Morgan fingerprint density at radius 3 is 2.55 bits per heavy atom. The third-order valence-corrected chi connectivity index (χ3v) is 4.23. The van der Waals surface area contributed by atoms with E-state index in [1.807, 2.05) is 21.7 Å². The summed E-state index contributed by atoms with van der Waals surface area (Å²) in [7, 11) is 0. The van der Waals surface area contributed by atoms with Crippen LogP contribution in [0.5, 0.6) is 0 Å². The normalized spacial score (nSPS) is 16.3. The number of aliphatic carboxylic acids is 1. The van der Waals surface area contributed by atoms with Crippen molar-refractivity contribution in [2.75, 3.05) is 32.7 Å². The highest BCUT2D eigenvalue weighted by molar-refractivity contribution is 7.08. The lowest BCUT2D eigenvalue weighted by molar-refractivity contribution is -0.137. The maximum Gasteiger partial charge on any atom is 0.303 e. The van der Waals surface area contributed by atoms with Crippen molar-refractivity contribution in [2.24, 2.45) is 0 Å². The summed E-state index contributed by atoms with van der Waals surface area (Å²) in [5, 5.41) is 12.4. The van der Waals surface area contributed by atoms with E-state index in [-0.39, 0.29) is 12.3 Å². The summed E-state index contributed by atoms with van der Waals surface area (Å²) in [6, 6.07) is 1.87. The molecule has 2 rings (SSSR count). The Balaban J connectivity index is 1.67. The van der Waals surface area contributed by atoms with E-state index in [1.165, 1.54) is 0 Å². The predicted octanol–water partition coefficient (Wildman–Crippen LogP) is 1.76. The number of thiophene rings is 1. The highest BCUT2D eigenvalue weighted by Gasteiger charge is 2.21. The monoisotopic (exact) mass is 296 g/mol. The van der Waals surface area contributed by atoms with Crippen LogP contribution in [0.1, 0.15) is 29.6 Å². The molecule has 110 valence electrons.